The first-order chi connectivity index (χ1) is 19.0. The highest BCUT2D eigenvalue weighted by Gasteiger charge is 2.16. The van der Waals surface area contributed by atoms with Crippen LogP contribution in [0.3, 0.4) is 0 Å². The normalized spacial score (nSPS) is 10.8. The summed E-state index contributed by atoms with van der Waals surface area (Å²) in [7, 11) is 0. The number of hydrogen-bond donors (Lipinski definition) is 0. The van der Waals surface area contributed by atoms with Crippen LogP contribution in [0.25, 0.3) is 0 Å². The van der Waals surface area contributed by atoms with Crippen molar-refractivity contribution in [3.8, 4) is 11.5 Å². The fourth-order valence-electron chi connectivity index (χ4n) is 4.61. The summed E-state index contributed by atoms with van der Waals surface area (Å²) in [5, 5.41) is 0. The summed E-state index contributed by atoms with van der Waals surface area (Å²) in [6.45, 7) is 8.21. The van der Waals surface area contributed by atoms with Gasteiger partial charge in [0, 0.05) is 5.57 Å². The van der Waals surface area contributed by atoms with Gasteiger partial charge in [-0.15, -0.1) is 0 Å². The first kappa shape index (κ1) is 32.3. The van der Waals surface area contributed by atoms with E-state index in [1.807, 2.05) is 36.4 Å². The van der Waals surface area contributed by atoms with Gasteiger partial charge in [0.25, 0.3) is 0 Å². The zero-order chi connectivity index (χ0) is 28.1. The highest BCUT2D eigenvalue weighted by atomic mass is 16.5. The Hall–Kier alpha value is -2.88. The van der Waals surface area contributed by atoms with Gasteiger partial charge in [-0.05, 0) is 61.1 Å². The van der Waals surface area contributed by atoms with Crippen molar-refractivity contribution in [1.82, 2.24) is 0 Å². The van der Waals surface area contributed by atoms with Crippen LogP contribution in [0.1, 0.15) is 121 Å². The van der Waals surface area contributed by atoms with E-state index in [2.05, 4.69) is 20.4 Å². The second kappa shape index (κ2) is 20.1. The summed E-state index contributed by atoms with van der Waals surface area (Å²) in [6.07, 6.45) is 19.9. The maximum atomic E-state index is 12.4. The minimum Gasteiger partial charge on any atom is -0.426 e. The van der Waals surface area contributed by atoms with Crippen molar-refractivity contribution >= 4 is 11.9 Å². The predicted octanol–water partition coefficient (Wildman–Crippen LogP) is 9.73. The van der Waals surface area contributed by atoms with Crippen LogP contribution >= 0.6 is 0 Å². The van der Waals surface area contributed by atoms with E-state index in [0.717, 1.165) is 12.8 Å². The molecule has 0 saturated heterocycles. The third-order valence-electron chi connectivity index (χ3n) is 7.07. The SMILES string of the molecule is C=C(CC(=O)Oc1ccc(CCCCCCCCC)cc1)C(=O)Oc1ccc(CCCCCCCCC)cc1. The molecular weight excluding hydrogens is 484 g/mol. The lowest BCUT2D eigenvalue weighted by molar-refractivity contribution is -0.136. The van der Waals surface area contributed by atoms with Gasteiger partial charge in [0.15, 0.2) is 0 Å². The lowest BCUT2D eigenvalue weighted by Crippen LogP contribution is -2.16. The molecule has 0 amide bonds. The Bertz CT molecular complexity index is 959. The predicted molar refractivity (Wildman–Crippen MR) is 161 cm³/mol. The molecule has 0 N–H and O–H groups in total. The van der Waals surface area contributed by atoms with Crippen molar-refractivity contribution in [2.45, 2.75) is 123 Å². The van der Waals surface area contributed by atoms with Crippen molar-refractivity contribution in [2.24, 2.45) is 0 Å². The average molecular weight is 535 g/mol. The second-order valence-corrected chi connectivity index (χ2v) is 10.7. The van der Waals surface area contributed by atoms with Crippen LogP contribution < -0.4 is 9.47 Å². The molecule has 0 saturated carbocycles. The molecule has 4 nitrogen and oxygen atoms in total. The minimum atomic E-state index is -0.614. The van der Waals surface area contributed by atoms with Crippen LogP contribution in [0.4, 0.5) is 0 Å². The molecule has 2 aromatic carbocycles. The van der Waals surface area contributed by atoms with E-state index < -0.39 is 11.9 Å². The zero-order valence-corrected chi connectivity index (χ0v) is 24.5. The number of rotatable bonds is 21. The first-order valence-corrected chi connectivity index (χ1v) is 15.3. The highest BCUT2D eigenvalue weighted by molar-refractivity contribution is 5.94. The average Bonchev–Trinajstić information content (AvgIpc) is 2.93. The fraction of sp³-hybridized carbons (Fsp3) is 0.543. The molecule has 2 rings (SSSR count). The first-order valence-electron chi connectivity index (χ1n) is 15.3. The molecule has 0 aliphatic heterocycles. The summed E-state index contributed by atoms with van der Waals surface area (Å²) in [4.78, 5) is 24.8. The highest BCUT2D eigenvalue weighted by Crippen LogP contribution is 2.19. The minimum absolute atomic E-state index is 0.0720. The molecule has 0 aliphatic carbocycles. The van der Waals surface area contributed by atoms with Crippen LogP contribution in [0.5, 0.6) is 11.5 Å². The van der Waals surface area contributed by atoms with E-state index in [1.54, 1.807) is 12.1 Å². The molecule has 39 heavy (non-hydrogen) atoms. The van der Waals surface area contributed by atoms with Crippen LogP contribution in [0.2, 0.25) is 0 Å². The third kappa shape index (κ3) is 14.7. The molecule has 0 unspecified atom stereocenters. The molecule has 214 valence electrons. The zero-order valence-electron chi connectivity index (χ0n) is 24.5. The van der Waals surface area contributed by atoms with Crippen LogP contribution in [-0.2, 0) is 22.4 Å². The van der Waals surface area contributed by atoms with E-state index in [4.69, 9.17) is 9.47 Å². The number of carbonyl (C=O) groups is 2. The Morgan fingerprint density at radius 1 is 0.564 bits per heavy atom. The third-order valence-corrected chi connectivity index (χ3v) is 7.07. The maximum Gasteiger partial charge on any atom is 0.339 e. The van der Waals surface area contributed by atoms with Gasteiger partial charge in [0.1, 0.15) is 11.5 Å². The molecule has 4 heteroatoms. The Labute approximate surface area is 237 Å². The largest absolute Gasteiger partial charge is 0.426 e. The van der Waals surface area contributed by atoms with Crippen molar-refractivity contribution in [3.63, 3.8) is 0 Å². The summed E-state index contributed by atoms with van der Waals surface area (Å²) in [5.74, 6) is -0.214. The molecule has 0 bridgehead atoms. The van der Waals surface area contributed by atoms with Crippen LogP contribution in [-0.4, -0.2) is 11.9 Å². The molecular formula is C35H50O4. The monoisotopic (exact) mass is 534 g/mol. The number of ether oxygens (including phenoxy) is 2. The fourth-order valence-corrected chi connectivity index (χ4v) is 4.61. The van der Waals surface area contributed by atoms with Crippen molar-refractivity contribution in [2.75, 3.05) is 0 Å². The lowest BCUT2D eigenvalue weighted by atomic mass is 10.0. The summed E-state index contributed by atoms with van der Waals surface area (Å²) in [5.41, 5.74) is 2.55. The Balaban J connectivity index is 1.64. The number of carbonyl (C=O) groups excluding carboxylic acids is 2. The van der Waals surface area contributed by atoms with E-state index >= 15 is 0 Å². The van der Waals surface area contributed by atoms with Gasteiger partial charge >= 0.3 is 11.9 Å². The van der Waals surface area contributed by atoms with Gasteiger partial charge in [-0.2, -0.15) is 0 Å². The van der Waals surface area contributed by atoms with Gasteiger partial charge < -0.3 is 9.47 Å². The van der Waals surface area contributed by atoms with Gasteiger partial charge in [0.2, 0.25) is 0 Å². The van der Waals surface area contributed by atoms with E-state index in [-0.39, 0.29) is 12.0 Å². The van der Waals surface area contributed by atoms with Gasteiger partial charge in [-0.25, -0.2) is 4.79 Å². The standard InChI is InChI=1S/C35H50O4/c1-4-6-8-10-12-14-16-18-30-20-24-32(25-21-30)38-34(36)28-29(3)35(37)39-33-26-22-31(23-27-33)19-17-15-13-11-9-7-5-2/h20-27H,3-19,28H2,1-2H3. The molecule has 0 atom stereocenters. The molecule has 0 aromatic heterocycles. The molecule has 0 fully saturated rings. The van der Waals surface area contributed by atoms with E-state index in [0.29, 0.717) is 11.5 Å². The van der Waals surface area contributed by atoms with E-state index in [9.17, 15) is 9.59 Å². The topological polar surface area (TPSA) is 52.6 Å². The summed E-state index contributed by atoms with van der Waals surface area (Å²) in [6, 6.07) is 15.2. The lowest BCUT2D eigenvalue weighted by Gasteiger charge is -2.09. The van der Waals surface area contributed by atoms with Crippen molar-refractivity contribution in [1.29, 1.82) is 0 Å². The van der Waals surface area contributed by atoms with E-state index in [1.165, 1.54) is 101 Å². The van der Waals surface area contributed by atoms with Crippen molar-refractivity contribution < 1.29 is 19.1 Å². The molecule has 0 aliphatic rings. The molecule has 0 spiro atoms. The summed E-state index contributed by atoms with van der Waals surface area (Å²) >= 11 is 0. The number of unbranched alkanes of at least 4 members (excludes halogenated alkanes) is 12. The van der Waals surface area contributed by atoms with Gasteiger partial charge in [0.05, 0.1) is 6.42 Å². The molecule has 0 heterocycles. The second-order valence-electron chi connectivity index (χ2n) is 10.7. The Morgan fingerprint density at radius 3 is 1.38 bits per heavy atom. The van der Waals surface area contributed by atoms with Crippen molar-refractivity contribution in [3.05, 3.63) is 71.8 Å². The number of benzene rings is 2. The Kier molecular flexibility index (Phi) is 16.6. The summed E-state index contributed by atoms with van der Waals surface area (Å²) < 4.78 is 10.8. The molecule has 0 radical (unpaired) electrons. The quantitative estimate of drug-likeness (QED) is 0.0692. The van der Waals surface area contributed by atoms with Crippen LogP contribution in [0, 0.1) is 0 Å². The Morgan fingerprint density at radius 2 is 0.949 bits per heavy atom. The van der Waals surface area contributed by atoms with Gasteiger partial charge in [-0.3, -0.25) is 4.79 Å². The maximum absolute atomic E-state index is 12.4. The number of aryl methyl sites for hydroxylation is 2. The number of hydrogen-bond acceptors (Lipinski definition) is 4. The number of esters is 2. The molecule has 2 aromatic rings. The van der Waals surface area contributed by atoms with Gasteiger partial charge in [-0.1, -0.05) is 122 Å². The van der Waals surface area contributed by atoms with Crippen LogP contribution in [0.15, 0.2) is 60.7 Å². The smallest absolute Gasteiger partial charge is 0.339 e.